The summed E-state index contributed by atoms with van der Waals surface area (Å²) in [7, 11) is 4.67. The monoisotopic (exact) mass is 684 g/mol. The molecule has 1 unspecified atom stereocenters. The molecule has 2 aliphatic rings. The topological polar surface area (TPSA) is 51.2 Å². The predicted octanol–water partition coefficient (Wildman–Crippen LogP) is 8.79. The van der Waals surface area contributed by atoms with Crippen molar-refractivity contribution in [2.24, 2.45) is 0 Å². The Morgan fingerprint density at radius 1 is 0.729 bits per heavy atom. The molecule has 250 valence electrons. The zero-order chi connectivity index (χ0) is 33.7. The van der Waals surface area contributed by atoms with Crippen molar-refractivity contribution in [3.05, 3.63) is 129 Å². The molecule has 1 atom stereocenters. The molecule has 2 heterocycles. The average Bonchev–Trinajstić information content (AvgIpc) is 3.58. The van der Waals surface area contributed by atoms with E-state index in [1.54, 1.807) is 33.5 Å². The third kappa shape index (κ3) is 7.07. The van der Waals surface area contributed by atoms with Crippen LogP contribution in [0.5, 0.6) is 17.2 Å². The summed E-state index contributed by atoms with van der Waals surface area (Å²) in [5.41, 5.74) is 6.76. The lowest BCUT2D eigenvalue weighted by Crippen LogP contribution is -2.39. The number of hydrogen-bond donors (Lipinski definition) is 0. The van der Waals surface area contributed by atoms with Gasteiger partial charge in [0.25, 0.3) is 5.91 Å². The maximum atomic E-state index is 14.0. The number of carbonyl (C=O) groups is 1. The van der Waals surface area contributed by atoms with Gasteiger partial charge in [0.15, 0.2) is 11.5 Å². The van der Waals surface area contributed by atoms with Crippen LogP contribution in [0.3, 0.4) is 0 Å². The Hall–Kier alpha value is -3.97. The van der Waals surface area contributed by atoms with Gasteiger partial charge >= 0.3 is 0 Å². The van der Waals surface area contributed by atoms with Gasteiger partial charge in [-0.05, 0) is 78.8 Å². The van der Waals surface area contributed by atoms with Crippen molar-refractivity contribution in [1.29, 1.82) is 0 Å². The highest BCUT2D eigenvalue weighted by atomic mass is 35.5. The van der Waals surface area contributed by atoms with Gasteiger partial charge in [0, 0.05) is 37.2 Å². The van der Waals surface area contributed by atoms with Crippen molar-refractivity contribution in [1.82, 2.24) is 9.80 Å². The Morgan fingerprint density at radius 3 is 1.88 bits per heavy atom. The number of carbonyl (C=O) groups excluding carboxylic acids is 1. The van der Waals surface area contributed by atoms with E-state index >= 15 is 0 Å². The Bertz CT molecular complexity index is 1700. The van der Waals surface area contributed by atoms with Crippen molar-refractivity contribution in [2.75, 3.05) is 54.1 Å². The molecule has 2 fully saturated rings. The van der Waals surface area contributed by atoms with Gasteiger partial charge < -0.3 is 24.0 Å². The first kappa shape index (κ1) is 33.9. The van der Waals surface area contributed by atoms with E-state index in [1.165, 1.54) is 22.3 Å². The van der Waals surface area contributed by atoms with E-state index in [9.17, 15) is 4.79 Å². The summed E-state index contributed by atoms with van der Waals surface area (Å²) in [4.78, 5) is 18.5. The van der Waals surface area contributed by atoms with Crippen LogP contribution in [0.15, 0.2) is 96.6 Å². The molecule has 6 rings (SSSR count). The minimum Gasteiger partial charge on any atom is -0.493 e. The lowest BCUT2D eigenvalue weighted by molar-refractivity contribution is 0.0779. The standard InChI is InChI=1S/C40H42Cl2N2O4/c1-46-35-24-31(25-36(47-2)38(35)48-3)39(45)44-23-19-40(27-44,32-14-15-33(41)34(42)26-32)18-22-43-20-16-30(17-21-43)37(28-10-6-4-7-11-28)29-12-8-5-9-13-29/h4-15,24-26H,16-23,27H2,1-3H3. The van der Waals surface area contributed by atoms with Gasteiger partial charge in [-0.1, -0.05) is 95.5 Å². The highest BCUT2D eigenvalue weighted by Gasteiger charge is 2.42. The van der Waals surface area contributed by atoms with Gasteiger partial charge in [-0.15, -0.1) is 0 Å². The van der Waals surface area contributed by atoms with Gasteiger partial charge in [0.2, 0.25) is 5.75 Å². The lowest BCUT2D eigenvalue weighted by Gasteiger charge is -2.35. The minimum absolute atomic E-state index is 0.0710. The molecule has 0 bridgehead atoms. The summed E-state index contributed by atoms with van der Waals surface area (Å²) in [6.07, 6.45) is 3.76. The predicted molar refractivity (Wildman–Crippen MR) is 194 cm³/mol. The molecule has 4 aromatic carbocycles. The molecule has 0 aromatic heterocycles. The Morgan fingerprint density at radius 2 is 1.33 bits per heavy atom. The second kappa shape index (κ2) is 15.1. The Labute approximate surface area is 293 Å². The fourth-order valence-corrected chi connectivity index (χ4v) is 7.59. The Balaban J connectivity index is 1.22. The van der Waals surface area contributed by atoms with Crippen molar-refractivity contribution < 1.29 is 19.0 Å². The van der Waals surface area contributed by atoms with Crippen LogP contribution in [0.4, 0.5) is 0 Å². The second-order valence-corrected chi connectivity index (χ2v) is 13.4. The van der Waals surface area contributed by atoms with Crippen molar-refractivity contribution in [3.8, 4) is 17.2 Å². The summed E-state index contributed by atoms with van der Waals surface area (Å²) >= 11 is 12.9. The van der Waals surface area contributed by atoms with Crippen molar-refractivity contribution in [3.63, 3.8) is 0 Å². The molecule has 8 heteroatoms. The fraction of sp³-hybridized carbons (Fsp3) is 0.325. The molecule has 0 spiro atoms. The van der Waals surface area contributed by atoms with Crippen molar-refractivity contribution >= 4 is 34.7 Å². The van der Waals surface area contributed by atoms with E-state index in [0.717, 1.165) is 50.9 Å². The van der Waals surface area contributed by atoms with Crippen molar-refractivity contribution in [2.45, 2.75) is 31.1 Å². The molecule has 1 amide bonds. The van der Waals surface area contributed by atoms with E-state index in [1.807, 2.05) is 17.0 Å². The average molecular weight is 686 g/mol. The zero-order valence-corrected chi connectivity index (χ0v) is 29.3. The van der Waals surface area contributed by atoms with Gasteiger partial charge in [0.1, 0.15) is 0 Å². The van der Waals surface area contributed by atoms with Gasteiger partial charge in [-0.3, -0.25) is 4.79 Å². The molecule has 48 heavy (non-hydrogen) atoms. The van der Waals surface area contributed by atoms with Crippen LogP contribution in [0.25, 0.3) is 5.57 Å². The van der Waals surface area contributed by atoms with Crippen LogP contribution < -0.4 is 14.2 Å². The third-order valence-electron chi connectivity index (χ3n) is 9.93. The van der Waals surface area contributed by atoms with E-state index in [0.29, 0.717) is 45.9 Å². The third-order valence-corrected chi connectivity index (χ3v) is 10.7. The molecule has 0 saturated carbocycles. The summed E-state index contributed by atoms with van der Waals surface area (Å²) in [5.74, 6) is 1.30. The molecule has 2 aliphatic heterocycles. The van der Waals surface area contributed by atoms with Crippen LogP contribution in [0.2, 0.25) is 10.0 Å². The number of hydrogen-bond acceptors (Lipinski definition) is 5. The smallest absolute Gasteiger partial charge is 0.254 e. The number of rotatable bonds is 10. The lowest BCUT2D eigenvalue weighted by atomic mass is 9.76. The van der Waals surface area contributed by atoms with Gasteiger partial charge in [-0.25, -0.2) is 0 Å². The highest BCUT2D eigenvalue weighted by molar-refractivity contribution is 6.42. The molecule has 0 aliphatic carbocycles. The molecule has 0 N–H and O–H groups in total. The SMILES string of the molecule is COc1cc(C(=O)N2CCC(CCN3CCC(=C(c4ccccc4)c4ccccc4)CC3)(c3ccc(Cl)c(Cl)c3)C2)cc(OC)c1OC. The number of likely N-dealkylation sites (tertiary alicyclic amines) is 2. The van der Waals surface area contributed by atoms with E-state index < -0.39 is 0 Å². The van der Waals surface area contributed by atoms with Crippen LogP contribution in [-0.4, -0.2) is 69.8 Å². The summed E-state index contributed by atoms with van der Waals surface area (Å²) in [5, 5.41) is 1.06. The normalized spacial score (nSPS) is 18.1. The number of halogens is 2. The first-order chi connectivity index (χ1) is 23.4. The number of methoxy groups -OCH3 is 3. The van der Waals surface area contributed by atoms with Crippen LogP contribution in [0, 0.1) is 0 Å². The molecule has 2 saturated heterocycles. The number of amides is 1. The quantitative estimate of drug-likeness (QED) is 0.167. The van der Waals surface area contributed by atoms with Gasteiger partial charge in [0.05, 0.1) is 31.4 Å². The van der Waals surface area contributed by atoms with E-state index in [-0.39, 0.29) is 11.3 Å². The van der Waals surface area contributed by atoms with Crippen LogP contribution in [0.1, 0.15) is 52.7 Å². The zero-order valence-electron chi connectivity index (χ0n) is 27.8. The summed E-state index contributed by atoms with van der Waals surface area (Å²) < 4.78 is 16.5. The second-order valence-electron chi connectivity index (χ2n) is 12.6. The first-order valence-electron chi connectivity index (χ1n) is 16.5. The molecular formula is C40H42Cl2N2O4. The first-order valence-corrected chi connectivity index (χ1v) is 17.2. The van der Waals surface area contributed by atoms with Crippen LogP contribution in [-0.2, 0) is 5.41 Å². The number of piperidine rings is 1. The van der Waals surface area contributed by atoms with E-state index in [4.69, 9.17) is 37.4 Å². The minimum atomic E-state index is -0.264. The number of benzene rings is 4. The largest absolute Gasteiger partial charge is 0.493 e. The molecular weight excluding hydrogens is 643 g/mol. The highest BCUT2D eigenvalue weighted by Crippen LogP contribution is 2.43. The summed E-state index contributed by atoms with van der Waals surface area (Å²) in [6.45, 7) is 4.10. The summed E-state index contributed by atoms with van der Waals surface area (Å²) in [6, 6.07) is 30.9. The maximum Gasteiger partial charge on any atom is 0.254 e. The van der Waals surface area contributed by atoms with Crippen LogP contribution >= 0.6 is 23.2 Å². The number of ether oxygens (including phenoxy) is 3. The molecule has 4 aromatic rings. The number of nitrogens with zero attached hydrogens (tertiary/aromatic N) is 2. The maximum absolute atomic E-state index is 14.0. The molecule has 0 radical (unpaired) electrons. The van der Waals surface area contributed by atoms with Gasteiger partial charge in [-0.2, -0.15) is 0 Å². The molecule has 6 nitrogen and oxygen atoms in total. The fourth-order valence-electron chi connectivity index (χ4n) is 7.30. The van der Waals surface area contributed by atoms with E-state index in [2.05, 4.69) is 71.6 Å². The Kier molecular flexibility index (Phi) is 10.6.